The third kappa shape index (κ3) is 3.21. The van der Waals surface area contributed by atoms with E-state index in [4.69, 9.17) is 4.74 Å². The first-order chi connectivity index (χ1) is 15.0. The molecule has 0 aliphatic carbocycles. The predicted molar refractivity (Wildman–Crippen MR) is 114 cm³/mol. The third-order valence-electron chi connectivity index (χ3n) is 5.90. The van der Waals surface area contributed by atoms with Crippen LogP contribution in [-0.4, -0.2) is 36.7 Å². The lowest BCUT2D eigenvalue weighted by Crippen LogP contribution is -2.76. The molecule has 1 N–H and O–H groups in total. The zero-order chi connectivity index (χ0) is 21.6. The Kier molecular flexibility index (Phi) is 4.63. The number of fused-ring (bicyclic) bond motifs is 1. The van der Waals surface area contributed by atoms with Crippen molar-refractivity contribution in [2.24, 2.45) is 0 Å². The summed E-state index contributed by atoms with van der Waals surface area (Å²) >= 11 is 0. The number of halogens is 2. The van der Waals surface area contributed by atoms with E-state index in [0.717, 1.165) is 11.4 Å². The Balaban J connectivity index is 1.47. The van der Waals surface area contributed by atoms with Crippen molar-refractivity contribution < 1.29 is 18.3 Å². The Morgan fingerprint density at radius 1 is 0.968 bits per heavy atom. The largest absolute Gasteiger partial charge is 0.497 e. The van der Waals surface area contributed by atoms with E-state index in [2.05, 4.69) is 5.32 Å². The van der Waals surface area contributed by atoms with Crippen LogP contribution in [0.1, 0.15) is 15.9 Å². The minimum Gasteiger partial charge on any atom is -0.497 e. The highest BCUT2D eigenvalue weighted by Crippen LogP contribution is 2.41. The Morgan fingerprint density at radius 3 is 2.32 bits per heavy atom. The number of rotatable bonds is 4. The fourth-order valence-electron chi connectivity index (χ4n) is 4.43. The number of likely N-dealkylation sites (tertiary alicyclic amines) is 1. The monoisotopic (exact) mass is 421 g/mol. The summed E-state index contributed by atoms with van der Waals surface area (Å²) < 4.78 is 33.5. The molecule has 3 aromatic rings. The van der Waals surface area contributed by atoms with E-state index in [1.54, 1.807) is 18.1 Å². The number of hydrogen-bond acceptors (Lipinski definition) is 4. The molecule has 3 aromatic carbocycles. The van der Waals surface area contributed by atoms with Crippen molar-refractivity contribution in [3.63, 3.8) is 0 Å². The standard InChI is InChI=1S/C24H21F2N3O2/c1-31-17-11-9-16(10-12-17)29-23(30)18-5-2-3-8-22(18)27-24(29)14-28(15-24)13-19-20(25)6-4-7-21(19)26/h2-12,27H,13-15H2,1H3. The van der Waals surface area contributed by atoms with Gasteiger partial charge in [-0.1, -0.05) is 18.2 Å². The fraction of sp³-hybridized carbons (Fsp3) is 0.208. The summed E-state index contributed by atoms with van der Waals surface area (Å²) in [4.78, 5) is 17.1. The zero-order valence-electron chi connectivity index (χ0n) is 16.9. The normalized spacial score (nSPS) is 17.1. The van der Waals surface area contributed by atoms with E-state index in [1.165, 1.54) is 18.2 Å². The number of nitrogens with zero attached hydrogens (tertiary/aromatic N) is 2. The number of nitrogens with one attached hydrogen (secondary N) is 1. The van der Waals surface area contributed by atoms with Crippen LogP contribution in [0.5, 0.6) is 5.75 Å². The highest BCUT2D eigenvalue weighted by atomic mass is 19.1. The summed E-state index contributed by atoms with van der Waals surface area (Å²) in [5, 5.41) is 3.51. The fourth-order valence-corrected chi connectivity index (χ4v) is 4.43. The molecule has 1 spiro atoms. The van der Waals surface area contributed by atoms with Gasteiger partial charge in [-0.2, -0.15) is 0 Å². The topological polar surface area (TPSA) is 44.8 Å². The van der Waals surface area contributed by atoms with Gasteiger partial charge in [0.1, 0.15) is 23.0 Å². The zero-order valence-corrected chi connectivity index (χ0v) is 16.9. The Labute approximate surface area is 178 Å². The van der Waals surface area contributed by atoms with E-state index in [9.17, 15) is 13.6 Å². The van der Waals surface area contributed by atoms with Crippen molar-refractivity contribution in [1.82, 2.24) is 4.90 Å². The smallest absolute Gasteiger partial charge is 0.262 e. The van der Waals surface area contributed by atoms with Gasteiger partial charge in [0.15, 0.2) is 0 Å². The number of carbonyl (C=O) groups is 1. The van der Waals surface area contributed by atoms with Crippen LogP contribution < -0.4 is 15.0 Å². The van der Waals surface area contributed by atoms with E-state index in [0.29, 0.717) is 24.4 Å². The van der Waals surface area contributed by atoms with Crippen molar-refractivity contribution in [2.75, 3.05) is 30.4 Å². The van der Waals surface area contributed by atoms with Crippen LogP contribution in [0.4, 0.5) is 20.2 Å². The Hall–Kier alpha value is -3.45. The maximum absolute atomic E-state index is 14.1. The Morgan fingerprint density at radius 2 is 1.65 bits per heavy atom. The molecular weight excluding hydrogens is 400 g/mol. The highest BCUT2D eigenvalue weighted by Gasteiger charge is 2.53. The molecule has 5 nitrogen and oxygen atoms in total. The number of benzene rings is 3. The molecule has 158 valence electrons. The molecule has 1 saturated heterocycles. The molecule has 0 atom stereocenters. The highest BCUT2D eigenvalue weighted by molar-refractivity contribution is 6.13. The van der Waals surface area contributed by atoms with Gasteiger partial charge < -0.3 is 10.1 Å². The van der Waals surface area contributed by atoms with Crippen molar-refractivity contribution in [2.45, 2.75) is 12.2 Å². The van der Waals surface area contributed by atoms with Gasteiger partial charge in [-0.3, -0.25) is 14.6 Å². The lowest BCUT2D eigenvalue weighted by atomic mass is 9.90. The first-order valence-corrected chi connectivity index (χ1v) is 10.0. The molecule has 2 aliphatic rings. The van der Waals surface area contributed by atoms with Gasteiger partial charge in [0.25, 0.3) is 5.91 Å². The molecule has 7 heteroatoms. The second-order valence-corrected chi connectivity index (χ2v) is 7.89. The summed E-state index contributed by atoms with van der Waals surface area (Å²) in [7, 11) is 1.59. The molecule has 2 heterocycles. The molecule has 31 heavy (non-hydrogen) atoms. The molecule has 0 radical (unpaired) electrons. The molecule has 0 saturated carbocycles. The summed E-state index contributed by atoms with van der Waals surface area (Å²) in [5.74, 6) is -0.547. The second kappa shape index (κ2) is 7.35. The average Bonchev–Trinajstić information content (AvgIpc) is 2.75. The van der Waals surface area contributed by atoms with Crippen LogP contribution in [-0.2, 0) is 6.54 Å². The summed E-state index contributed by atoms with van der Waals surface area (Å²) in [6, 6.07) is 18.5. The average molecular weight is 421 g/mol. The first-order valence-electron chi connectivity index (χ1n) is 10.0. The minimum atomic E-state index is -0.707. The van der Waals surface area contributed by atoms with Gasteiger partial charge in [-0.25, -0.2) is 8.78 Å². The maximum atomic E-state index is 14.1. The van der Waals surface area contributed by atoms with Crippen LogP contribution in [0, 0.1) is 11.6 Å². The molecule has 1 amide bonds. The molecular formula is C24H21F2N3O2. The van der Waals surface area contributed by atoms with Gasteiger partial charge in [0.05, 0.1) is 12.7 Å². The summed E-state index contributed by atoms with van der Waals surface area (Å²) in [6.07, 6.45) is 0. The van der Waals surface area contributed by atoms with Crippen molar-refractivity contribution >= 4 is 17.3 Å². The van der Waals surface area contributed by atoms with E-state index in [1.807, 2.05) is 47.4 Å². The van der Waals surface area contributed by atoms with Crippen LogP contribution >= 0.6 is 0 Å². The molecule has 1 fully saturated rings. The number of anilines is 2. The SMILES string of the molecule is COc1ccc(N2C(=O)c3ccccc3NC23CN(Cc2c(F)cccc2F)C3)cc1. The maximum Gasteiger partial charge on any atom is 0.262 e. The minimum absolute atomic E-state index is 0.0379. The van der Waals surface area contributed by atoms with Crippen LogP contribution in [0.3, 0.4) is 0 Å². The van der Waals surface area contributed by atoms with Crippen molar-refractivity contribution in [3.8, 4) is 5.75 Å². The lowest BCUT2D eigenvalue weighted by molar-refractivity contribution is 0.0595. The van der Waals surface area contributed by atoms with E-state index >= 15 is 0 Å². The van der Waals surface area contributed by atoms with Gasteiger partial charge in [0.2, 0.25) is 0 Å². The first kappa shape index (κ1) is 19.5. The molecule has 0 aromatic heterocycles. The summed E-state index contributed by atoms with van der Waals surface area (Å²) in [5.41, 5.74) is 1.40. The van der Waals surface area contributed by atoms with Gasteiger partial charge in [-0.05, 0) is 48.5 Å². The summed E-state index contributed by atoms with van der Waals surface area (Å²) in [6.45, 7) is 0.980. The van der Waals surface area contributed by atoms with Crippen LogP contribution in [0.25, 0.3) is 0 Å². The van der Waals surface area contributed by atoms with Crippen molar-refractivity contribution in [1.29, 1.82) is 0 Å². The number of carbonyl (C=O) groups excluding carboxylic acids is 1. The van der Waals surface area contributed by atoms with Gasteiger partial charge in [-0.15, -0.1) is 0 Å². The Bertz CT molecular complexity index is 1120. The molecule has 2 aliphatic heterocycles. The predicted octanol–water partition coefficient (Wildman–Crippen LogP) is 4.26. The van der Waals surface area contributed by atoms with Gasteiger partial charge in [0, 0.05) is 36.6 Å². The number of hydrogen-bond donors (Lipinski definition) is 1. The van der Waals surface area contributed by atoms with Crippen molar-refractivity contribution in [3.05, 3.63) is 89.5 Å². The van der Waals surface area contributed by atoms with E-state index in [-0.39, 0.29) is 18.0 Å². The third-order valence-corrected chi connectivity index (χ3v) is 5.90. The second-order valence-electron chi connectivity index (χ2n) is 7.89. The number of methoxy groups -OCH3 is 1. The number of amides is 1. The van der Waals surface area contributed by atoms with Gasteiger partial charge >= 0.3 is 0 Å². The number of ether oxygens (including phenoxy) is 1. The molecule has 0 bridgehead atoms. The molecule has 5 rings (SSSR count). The number of para-hydroxylation sites is 1. The van der Waals surface area contributed by atoms with Crippen LogP contribution in [0.2, 0.25) is 0 Å². The van der Waals surface area contributed by atoms with Crippen LogP contribution in [0.15, 0.2) is 66.7 Å². The molecule has 0 unspecified atom stereocenters. The quantitative estimate of drug-likeness (QED) is 0.684. The lowest BCUT2D eigenvalue weighted by Gasteiger charge is -2.58. The van der Waals surface area contributed by atoms with E-state index < -0.39 is 17.3 Å².